The van der Waals surface area contributed by atoms with Gasteiger partial charge in [-0.2, -0.15) is 0 Å². The lowest BCUT2D eigenvalue weighted by molar-refractivity contribution is -0.121. The molecule has 20 heavy (non-hydrogen) atoms. The van der Waals surface area contributed by atoms with Crippen molar-refractivity contribution >= 4 is 17.6 Å². The predicted octanol–water partition coefficient (Wildman–Crippen LogP) is 1.90. The number of fused-ring (bicyclic) bond motifs is 1. The Bertz CT molecular complexity index is 676. The highest BCUT2D eigenvalue weighted by molar-refractivity contribution is 5.98. The molecule has 0 fully saturated rings. The number of ether oxygens (including phenoxy) is 1. The Kier molecular flexibility index (Phi) is 2.90. The van der Waals surface area contributed by atoms with Crippen LogP contribution >= 0.6 is 0 Å². The van der Waals surface area contributed by atoms with Gasteiger partial charge in [0.05, 0.1) is 18.5 Å². The third-order valence-electron chi connectivity index (χ3n) is 3.08. The molecule has 0 spiro atoms. The lowest BCUT2D eigenvalue weighted by atomic mass is 10.2. The molecule has 0 saturated heterocycles. The number of hydrogen-bond donors (Lipinski definition) is 1. The van der Waals surface area contributed by atoms with Crippen LogP contribution in [0.25, 0.3) is 0 Å². The van der Waals surface area contributed by atoms with E-state index in [-0.39, 0.29) is 24.8 Å². The van der Waals surface area contributed by atoms with Gasteiger partial charge in [0.25, 0.3) is 5.91 Å². The van der Waals surface area contributed by atoms with Gasteiger partial charge < -0.3 is 19.2 Å². The fourth-order valence-electron chi connectivity index (χ4n) is 2.15. The number of para-hydroxylation sites is 2. The van der Waals surface area contributed by atoms with Gasteiger partial charge in [0.1, 0.15) is 5.75 Å². The molecule has 1 aliphatic rings. The normalized spacial score (nSPS) is 13.8. The fourth-order valence-corrected chi connectivity index (χ4v) is 2.15. The fraction of sp³-hybridized carbons (Fsp3) is 0.143. The van der Waals surface area contributed by atoms with Crippen molar-refractivity contribution in [2.24, 2.45) is 0 Å². The molecule has 6 nitrogen and oxygen atoms in total. The first-order valence-corrected chi connectivity index (χ1v) is 5.98. The molecular formula is C14H11NO5. The van der Waals surface area contributed by atoms with Crippen molar-refractivity contribution in [2.45, 2.75) is 6.54 Å². The Hall–Kier alpha value is -2.76. The third-order valence-corrected chi connectivity index (χ3v) is 3.08. The summed E-state index contributed by atoms with van der Waals surface area (Å²) in [5.74, 6) is -0.922. The van der Waals surface area contributed by atoms with Gasteiger partial charge in [-0.15, -0.1) is 0 Å². The SMILES string of the molecule is O=C(O)c1occc1CN1C(=O)COc2ccccc21. The summed E-state index contributed by atoms with van der Waals surface area (Å²) < 4.78 is 10.3. The molecule has 1 N–H and O–H groups in total. The lowest BCUT2D eigenvalue weighted by Crippen LogP contribution is -2.38. The maximum atomic E-state index is 12.0. The Morgan fingerprint density at radius 1 is 1.30 bits per heavy atom. The molecular weight excluding hydrogens is 262 g/mol. The van der Waals surface area contributed by atoms with Crippen molar-refractivity contribution < 1.29 is 23.8 Å². The molecule has 2 aromatic rings. The van der Waals surface area contributed by atoms with Gasteiger partial charge in [-0.1, -0.05) is 12.1 Å². The van der Waals surface area contributed by atoms with Crippen molar-refractivity contribution in [3.8, 4) is 5.75 Å². The van der Waals surface area contributed by atoms with Crippen LogP contribution in [-0.4, -0.2) is 23.6 Å². The number of carbonyl (C=O) groups excluding carboxylic acids is 1. The van der Waals surface area contributed by atoms with Crippen molar-refractivity contribution in [3.63, 3.8) is 0 Å². The number of benzene rings is 1. The first-order valence-electron chi connectivity index (χ1n) is 5.98. The minimum atomic E-state index is -1.15. The van der Waals surface area contributed by atoms with Gasteiger partial charge >= 0.3 is 5.97 Å². The van der Waals surface area contributed by atoms with Crippen LogP contribution in [0.5, 0.6) is 5.75 Å². The van der Waals surface area contributed by atoms with Crippen molar-refractivity contribution in [1.82, 2.24) is 0 Å². The molecule has 0 bridgehead atoms. The molecule has 1 amide bonds. The Morgan fingerprint density at radius 2 is 2.10 bits per heavy atom. The maximum Gasteiger partial charge on any atom is 0.372 e. The van der Waals surface area contributed by atoms with Crippen LogP contribution in [0.2, 0.25) is 0 Å². The van der Waals surface area contributed by atoms with Gasteiger partial charge in [0.15, 0.2) is 6.61 Å². The summed E-state index contributed by atoms with van der Waals surface area (Å²) >= 11 is 0. The van der Waals surface area contributed by atoms with Crippen molar-refractivity contribution in [3.05, 3.63) is 47.9 Å². The summed E-state index contributed by atoms with van der Waals surface area (Å²) in [6.45, 7) is 0.0780. The Balaban J connectivity index is 1.96. The van der Waals surface area contributed by atoms with Crippen LogP contribution in [-0.2, 0) is 11.3 Å². The Morgan fingerprint density at radius 3 is 2.90 bits per heavy atom. The molecule has 1 aliphatic heterocycles. The first kappa shape index (κ1) is 12.3. The molecule has 2 heterocycles. The van der Waals surface area contributed by atoms with Gasteiger partial charge in [0.2, 0.25) is 5.76 Å². The van der Waals surface area contributed by atoms with E-state index in [1.54, 1.807) is 24.3 Å². The molecule has 102 valence electrons. The number of anilines is 1. The van der Waals surface area contributed by atoms with Crippen LogP contribution in [0, 0.1) is 0 Å². The van der Waals surface area contributed by atoms with Crippen LogP contribution in [0.1, 0.15) is 16.1 Å². The number of rotatable bonds is 3. The summed E-state index contributed by atoms with van der Waals surface area (Å²) in [6, 6.07) is 8.68. The zero-order valence-corrected chi connectivity index (χ0v) is 10.4. The molecule has 0 saturated carbocycles. The van der Waals surface area contributed by atoms with Gasteiger partial charge in [-0.05, 0) is 18.2 Å². The lowest BCUT2D eigenvalue weighted by Gasteiger charge is -2.29. The van der Waals surface area contributed by atoms with Gasteiger partial charge in [-0.3, -0.25) is 4.79 Å². The summed E-state index contributed by atoms with van der Waals surface area (Å²) in [7, 11) is 0. The second kappa shape index (κ2) is 4.73. The molecule has 0 aliphatic carbocycles. The summed E-state index contributed by atoms with van der Waals surface area (Å²) in [5.41, 5.74) is 1.07. The van der Waals surface area contributed by atoms with E-state index in [4.69, 9.17) is 14.3 Å². The number of amides is 1. The number of carbonyl (C=O) groups is 2. The monoisotopic (exact) mass is 273 g/mol. The summed E-state index contributed by atoms with van der Waals surface area (Å²) in [5, 5.41) is 9.02. The number of carboxylic acids is 1. The zero-order chi connectivity index (χ0) is 14.1. The average molecular weight is 273 g/mol. The smallest absolute Gasteiger partial charge is 0.372 e. The first-order chi connectivity index (χ1) is 9.66. The van der Waals surface area contributed by atoms with Crippen molar-refractivity contribution in [1.29, 1.82) is 0 Å². The van der Waals surface area contributed by atoms with Crippen LogP contribution in [0.3, 0.4) is 0 Å². The number of hydrogen-bond acceptors (Lipinski definition) is 4. The third kappa shape index (κ3) is 2.01. The largest absolute Gasteiger partial charge is 0.482 e. The van der Waals surface area contributed by atoms with E-state index >= 15 is 0 Å². The van der Waals surface area contributed by atoms with Crippen LogP contribution in [0.15, 0.2) is 41.0 Å². The van der Waals surface area contributed by atoms with E-state index in [0.717, 1.165) is 0 Å². The van der Waals surface area contributed by atoms with E-state index in [1.807, 2.05) is 6.07 Å². The van der Waals surface area contributed by atoms with E-state index in [2.05, 4.69) is 0 Å². The number of aromatic carboxylic acids is 1. The summed E-state index contributed by atoms with van der Waals surface area (Å²) in [4.78, 5) is 24.5. The topological polar surface area (TPSA) is 80.0 Å². The molecule has 1 aromatic heterocycles. The Labute approximate surface area is 114 Å². The number of furan rings is 1. The zero-order valence-electron chi connectivity index (χ0n) is 10.4. The standard InChI is InChI=1S/C14H11NO5/c16-12-8-20-11-4-2-1-3-10(11)15(12)7-9-5-6-19-13(9)14(17)18/h1-6H,7-8H2,(H,17,18). The molecule has 0 radical (unpaired) electrons. The predicted molar refractivity (Wildman–Crippen MR) is 68.8 cm³/mol. The molecule has 0 atom stereocenters. The van der Waals surface area contributed by atoms with E-state index in [0.29, 0.717) is 17.0 Å². The second-order valence-electron chi connectivity index (χ2n) is 4.32. The molecule has 3 rings (SSSR count). The van der Waals surface area contributed by atoms with Gasteiger partial charge in [-0.25, -0.2) is 4.79 Å². The second-order valence-corrected chi connectivity index (χ2v) is 4.32. The molecule has 1 aromatic carbocycles. The minimum Gasteiger partial charge on any atom is -0.482 e. The van der Waals surface area contributed by atoms with Crippen LogP contribution < -0.4 is 9.64 Å². The van der Waals surface area contributed by atoms with E-state index in [9.17, 15) is 9.59 Å². The molecule has 6 heteroatoms. The highest BCUT2D eigenvalue weighted by Crippen LogP contribution is 2.33. The van der Waals surface area contributed by atoms with Crippen LogP contribution in [0.4, 0.5) is 5.69 Å². The van der Waals surface area contributed by atoms with E-state index < -0.39 is 5.97 Å². The summed E-state index contributed by atoms with van der Waals surface area (Å²) in [6.07, 6.45) is 1.30. The quantitative estimate of drug-likeness (QED) is 0.923. The number of nitrogens with zero attached hydrogens (tertiary/aromatic N) is 1. The highest BCUT2D eigenvalue weighted by atomic mass is 16.5. The van der Waals surface area contributed by atoms with E-state index in [1.165, 1.54) is 11.2 Å². The number of carboxylic acid groups (broad SMARTS) is 1. The van der Waals surface area contributed by atoms with Crippen molar-refractivity contribution in [2.75, 3.05) is 11.5 Å². The minimum absolute atomic E-state index is 0.0583. The maximum absolute atomic E-state index is 12.0. The van der Waals surface area contributed by atoms with Gasteiger partial charge in [0, 0.05) is 5.56 Å². The average Bonchev–Trinajstić information content (AvgIpc) is 2.90. The highest BCUT2D eigenvalue weighted by Gasteiger charge is 2.27. The molecule has 0 unspecified atom stereocenters.